The quantitative estimate of drug-likeness (QED) is 0.276. The van der Waals surface area contributed by atoms with Crippen LogP contribution in [0.4, 0.5) is 10.2 Å². The average Bonchev–Trinajstić information content (AvgIpc) is 3.46. The first-order valence-electron chi connectivity index (χ1n) is 12.3. The number of pyridine rings is 1. The molecule has 4 aromatic heterocycles. The lowest BCUT2D eigenvalue weighted by molar-refractivity contribution is 0.0974. The van der Waals surface area contributed by atoms with Crippen molar-refractivity contribution in [3.05, 3.63) is 82.4 Å². The number of anilines is 1. The summed E-state index contributed by atoms with van der Waals surface area (Å²) in [6, 6.07) is 10.9. The van der Waals surface area contributed by atoms with Crippen molar-refractivity contribution >= 4 is 54.6 Å². The molecular formula is C27H20FN5O6S. The number of benzene rings is 2. The fourth-order valence-electron chi connectivity index (χ4n) is 5.11. The number of aromatic amines is 1. The van der Waals surface area contributed by atoms with Crippen molar-refractivity contribution in [2.24, 2.45) is 0 Å². The minimum atomic E-state index is -3.97. The molecule has 7 rings (SSSR count). The fraction of sp³-hybridized carbons (Fsp3) is 0.148. The second-order valence-corrected chi connectivity index (χ2v) is 11.7. The number of hydrogen-bond donors (Lipinski definition) is 3. The van der Waals surface area contributed by atoms with Gasteiger partial charge in [-0.1, -0.05) is 11.2 Å². The maximum absolute atomic E-state index is 15.3. The molecule has 0 unspecified atom stereocenters. The summed E-state index contributed by atoms with van der Waals surface area (Å²) in [4.78, 5) is 29.5. The van der Waals surface area contributed by atoms with Crippen LogP contribution in [0.1, 0.15) is 28.9 Å². The minimum absolute atomic E-state index is 0.0142. The maximum atomic E-state index is 15.3. The van der Waals surface area contributed by atoms with Crippen LogP contribution in [0.15, 0.2) is 68.7 Å². The Balaban J connectivity index is 1.56. The van der Waals surface area contributed by atoms with Crippen LogP contribution >= 0.6 is 0 Å². The molecule has 6 aromatic rings. The van der Waals surface area contributed by atoms with Crippen LogP contribution < -0.4 is 16.0 Å². The summed E-state index contributed by atoms with van der Waals surface area (Å²) in [6.45, 7) is -0.0142. The van der Waals surface area contributed by atoms with Gasteiger partial charge in [0.25, 0.3) is 11.5 Å². The Kier molecular flexibility index (Phi) is 5.16. The molecule has 1 saturated carbocycles. The largest absolute Gasteiger partial charge is 0.463 e. The lowest BCUT2D eigenvalue weighted by atomic mass is 10.0. The first kappa shape index (κ1) is 24.2. The van der Waals surface area contributed by atoms with Crippen LogP contribution in [0, 0.1) is 5.82 Å². The van der Waals surface area contributed by atoms with Crippen LogP contribution in [-0.4, -0.2) is 34.3 Å². The van der Waals surface area contributed by atoms with Crippen molar-refractivity contribution in [3.63, 3.8) is 0 Å². The molecule has 1 aliphatic carbocycles. The van der Waals surface area contributed by atoms with Gasteiger partial charge in [0.15, 0.2) is 11.4 Å². The minimum Gasteiger partial charge on any atom is -0.463 e. The van der Waals surface area contributed by atoms with E-state index in [1.54, 1.807) is 24.3 Å². The Hall–Kier alpha value is -4.91. The molecule has 0 saturated heterocycles. The van der Waals surface area contributed by atoms with E-state index in [4.69, 9.17) is 14.7 Å². The van der Waals surface area contributed by atoms with Gasteiger partial charge in [-0.05, 0) is 54.8 Å². The molecule has 2 aromatic carbocycles. The highest BCUT2D eigenvalue weighted by atomic mass is 32.2. The van der Waals surface area contributed by atoms with Crippen molar-refractivity contribution in [1.29, 1.82) is 0 Å². The molecule has 40 heavy (non-hydrogen) atoms. The van der Waals surface area contributed by atoms with Crippen LogP contribution in [0.2, 0.25) is 0 Å². The fourth-order valence-corrected chi connectivity index (χ4v) is 6.39. The van der Waals surface area contributed by atoms with E-state index in [2.05, 4.69) is 14.9 Å². The van der Waals surface area contributed by atoms with E-state index < -0.39 is 32.6 Å². The molecule has 0 aliphatic heterocycles. The van der Waals surface area contributed by atoms with Gasteiger partial charge in [0.05, 0.1) is 38.8 Å². The lowest BCUT2D eigenvalue weighted by Crippen LogP contribution is -2.35. The summed E-state index contributed by atoms with van der Waals surface area (Å²) in [5.74, 6) is -1.39. The Morgan fingerprint density at radius 1 is 1.20 bits per heavy atom. The highest BCUT2D eigenvalue weighted by molar-refractivity contribution is 7.91. The van der Waals surface area contributed by atoms with E-state index in [0.717, 1.165) is 0 Å². The zero-order valence-corrected chi connectivity index (χ0v) is 21.4. The molecule has 4 N–H and O–H groups in total. The lowest BCUT2D eigenvalue weighted by Gasteiger charge is -2.13. The number of halogens is 1. The first-order valence-corrected chi connectivity index (χ1v) is 13.9. The Labute approximate surface area is 224 Å². The number of furan rings is 1. The molecule has 202 valence electrons. The number of nitrogens with one attached hydrogen (secondary N) is 2. The Morgan fingerprint density at radius 2 is 2.02 bits per heavy atom. The summed E-state index contributed by atoms with van der Waals surface area (Å²) in [6.07, 6.45) is 3.62. The molecule has 11 nitrogen and oxygen atoms in total. The number of nitrogens with zero attached hydrogens (tertiary/aromatic N) is 2. The molecular weight excluding hydrogens is 541 g/mol. The predicted octanol–water partition coefficient (Wildman–Crippen LogP) is 3.88. The second kappa shape index (κ2) is 8.55. The second-order valence-electron chi connectivity index (χ2n) is 9.71. The molecule has 1 aliphatic rings. The van der Waals surface area contributed by atoms with Gasteiger partial charge in [-0.15, -0.1) is 0 Å². The normalized spacial score (nSPS) is 13.9. The van der Waals surface area contributed by atoms with E-state index in [1.807, 2.05) is 0 Å². The SMILES string of the molecule is Nc1noc2ccc(Cn3c(C(=O)NS(=O)(=O)C4CC4)c(-c4ccc[nH]c4=O)c4c5occc5c(F)cc43)cc12. The van der Waals surface area contributed by atoms with Crippen molar-refractivity contribution in [1.82, 2.24) is 19.4 Å². The zero-order chi connectivity index (χ0) is 27.8. The van der Waals surface area contributed by atoms with Gasteiger partial charge >= 0.3 is 0 Å². The predicted molar refractivity (Wildman–Crippen MR) is 145 cm³/mol. The number of carbonyl (C=O) groups is 1. The van der Waals surface area contributed by atoms with Gasteiger partial charge < -0.3 is 24.2 Å². The highest BCUT2D eigenvalue weighted by Gasteiger charge is 2.38. The summed E-state index contributed by atoms with van der Waals surface area (Å²) in [7, 11) is -3.97. The third-order valence-electron chi connectivity index (χ3n) is 7.12. The molecule has 0 atom stereocenters. The third kappa shape index (κ3) is 3.69. The molecule has 1 fully saturated rings. The standard InChI is InChI=1S/C27H20FN5O6S/c28-18-11-19-22(24-15(18)7-9-38-24)21(16-2-1-8-30-26(16)34)23(27(35)32-40(36,37)14-4-5-14)33(19)12-13-3-6-20-17(10-13)25(29)31-39-20/h1-3,6-11,14H,4-5,12H2,(H2,29,31)(H,30,34)(H,32,35). The molecule has 0 spiro atoms. The number of H-pyrrole nitrogens is 1. The van der Waals surface area contributed by atoms with Crippen molar-refractivity contribution in [2.75, 3.05) is 5.73 Å². The first-order chi connectivity index (χ1) is 19.2. The van der Waals surface area contributed by atoms with Gasteiger partial charge in [-0.2, -0.15) is 0 Å². The molecule has 0 bridgehead atoms. The van der Waals surface area contributed by atoms with Gasteiger partial charge in [0, 0.05) is 18.3 Å². The number of fused-ring (bicyclic) bond motifs is 4. The molecule has 13 heteroatoms. The van der Waals surface area contributed by atoms with Crippen LogP contribution in [0.3, 0.4) is 0 Å². The Morgan fingerprint density at radius 3 is 2.80 bits per heavy atom. The number of rotatable bonds is 6. The number of hydrogen-bond acceptors (Lipinski definition) is 8. The monoisotopic (exact) mass is 561 g/mol. The average molecular weight is 562 g/mol. The summed E-state index contributed by atoms with van der Waals surface area (Å²) in [5, 5.41) is 4.06. The smallest absolute Gasteiger partial charge is 0.282 e. The number of aromatic nitrogens is 3. The van der Waals surface area contributed by atoms with Gasteiger partial charge in [-0.3, -0.25) is 9.59 Å². The maximum Gasteiger partial charge on any atom is 0.282 e. The number of amides is 1. The number of nitrogens with two attached hydrogens (primary N) is 1. The van der Waals surface area contributed by atoms with Crippen LogP contribution in [0.5, 0.6) is 0 Å². The molecule has 0 radical (unpaired) electrons. The van der Waals surface area contributed by atoms with Crippen LogP contribution in [0.25, 0.3) is 44.0 Å². The molecule has 4 heterocycles. The summed E-state index contributed by atoms with van der Waals surface area (Å²) < 4.78 is 55.5. The van der Waals surface area contributed by atoms with Gasteiger partial charge in [-0.25, -0.2) is 17.5 Å². The Bertz CT molecular complexity index is 2170. The van der Waals surface area contributed by atoms with Crippen molar-refractivity contribution < 1.29 is 26.5 Å². The van der Waals surface area contributed by atoms with E-state index in [-0.39, 0.29) is 51.1 Å². The third-order valence-corrected chi connectivity index (χ3v) is 8.94. The van der Waals surface area contributed by atoms with Gasteiger partial charge in [0.1, 0.15) is 17.1 Å². The van der Waals surface area contributed by atoms with Gasteiger partial charge in [0.2, 0.25) is 10.0 Å². The topological polar surface area (TPSA) is 166 Å². The van der Waals surface area contributed by atoms with Crippen molar-refractivity contribution in [3.8, 4) is 11.1 Å². The van der Waals surface area contributed by atoms with Crippen molar-refractivity contribution in [2.45, 2.75) is 24.6 Å². The molecule has 1 amide bonds. The van der Waals surface area contributed by atoms with E-state index >= 15 is 4.39 Å². The zero-order valence-electron chi connectivity index (χ0n) is 20.6. The van der Waals surface area contributed by atoms with Crippen LogP contribution in [-0.2, 0) is 16.6 Å². The van der Waals surface area contributed by atoms with E-state index in [1.165, 1.54) is 35.2 Å². The van der Waals surface area contributed by atoms with E-state index in [9.17, 15) is 18.0 Å². The summed E-state index contributed by atoms with van der Waals surface area (Å²) >= 11 is 0. The number of carbonyl (C=O) groups excluding carboxylic acids is 1. The number of nitrogen functional groups attached to an aromatic ring is 1. The summed E-state index contributed by atoms with van der Waals surface area (Å²) in [5.41, 5.74) is 6.90. The highest BCUT2D eigenvalue weighted by Crippen LogP contribution is 2.41. The number of sulfonamides is 1. The van der Waals surface area contributed by atoms with E-state index in [0.29, 0.717) is 29.4 Å².